The predicted molar refractivity (Wildman–Crippen MR) is 70.3 cm³/mol. The Morgan fingerprint density at radius 3 is 2.61 bits per heavy atom. The predicted octanol–water partition coefficient (Wildman–Crippen LogP) is 2.67. The third-order valence-electron chi connectivity index (χ3n) is 4.28. The van der Waals surface area contributed by atoms with Gasteiger partial charge < -0.3 is 10.0 Å². The van der Waals surface area contributed by atoms with Crippen molar-refractivity contribution in [3.8, 4) is 0 Å². The van der Waals surface area contributed by atoms with E-state index in [0.717, 1.165) is 25.7 Å². The van der Waals surface area contributed by atoms with Crippen molar-refractivity contribution in [2.24, 2.45) is 5.92 Å². The van der Waals surface area contributed by atoms with Crippen LogP contribution in [0.3, 0.4) is 0 Å². The molecule has 1 amide bonds. The average Bonchev–Trinajstić information content (AvgIpc) is 2.55. The molecule has 0 bridgehead atoms. The molecule has 0 aromatic carbocycles. The van der Waals surface area contributed by atoms with Crippen LogP contribution in [-0.4, -0.2) is 34.5 Å². The Bertz CT molecular complexity index is 293. The molecule has 2 unspecified atom stereocenters. The zero-order valence-electron chi connectivity index (χ0n) is 11.5. The molecule has 0 aliphatic heterocycles. The Morgan fingerprint density at radius 1 is 1.39 bits per heavy atom. The second-order valence-corrected chi connectivity index (χ2v) is 5.31. The molecular formula is C14H25NO3. The maximum atomic E-state index is 11.7. The zero-order chi connectivity index (χ0) is 13.6. The van der Waals surface area contributed by atoms with E-state index in [1.807, 2.05) is 6.92 Å². The summed E-state index contributed by atoms with van der Waals surface area (Å²) < 4.78 is 0. The van der Waals surface area contributed by atoms with E-state index >= 15 is 0 Å². The highest BCUT2D eigenvalue weighted by atomic mass is 16.4. The average molecular weight is 255 g/mol. The molecule has 1 aliphatic rings. The largest absolute Gasteiger partial charge is 0.479 e. The highest BCUT2D eigenvalue weighted by Crippen LogP contribution is 2.36. The van der Waals surface area contributed by atoms with Gasteiger partial charge in [-0.15, -0.1) is 0 Å². The van der Waals surface area contributed by atoms with Crippen molar-refractivity contribution in [3.05, 3.63) is 0 Å². The maximum absolute atomic E-state index is 11.7. The Hall–Kier alpha value is -1.06. The Morgan fingerprint density at radius 2 is 2.11 bits per heavy atom. The molecule has 4 nitrogen and oxygen atoms in total. The second kappa shape index (κ2) is 6.76. The van der Waals surface area contributed by atoms with E-state index in [2.05, 4.69) is 6.92 Å². The highest BCUT2D eigenvalue weighted by molar-refractivity contribution is 5.81. The van der Waals surface area contributed by atoms with E-state index in [1.165, 1.54) is 11.3 Å². The SMILES string of the molecule is CCCC1CCCC(C(=O)O)(N(C=O)CC)CC1. The van der Waals surface area contributed by atoms with Crippen LogP contribution >= 0.6 is 0 Å². The summed E-state index contributed by atoms with van der Waals surface area (Å²) in [6, 6.07) is 0. The van der Waals surface area contributed by atoms with Gasteiger partial charge in [-0.2, -0.15) is 0 Å². The van der Waals surface area contributed by atoms with Crippen LogP contribution in [0, 0.1) is 5.92 Å². The number of rotatable bonds is 6. The fraction of sp³-hybridized carbons (Fsp3) is 0.857. The number of carbonyl (C=O) groups is 2. The molecule has 18 heavy (non-hydrogen) atoms. The summed E-state index contributed by atoms with van der Waals surface area (Å²) in [5.74, 6) is -0.213. The Kier molecular flexibility index (Phi) is 5.63. The van der Waals surface area contributed by atoms with Crippen molar-refractivity contribution in [1.29, 1.82) is 0 Å². The monoisotopic (exact) mass is 255 g/mol. The second-order valence-electron chi connectivity index (χ2n) is 5.31. The minimum absolute atomic E-state index is 0.467. The van der Waals surface area contributed by atoms with Crippen molar-refractivity contribution in [2.45, 2.75) is 64.3 Å². The van der Waals surface area contributed by atoms with Crippen molar-refractivity contribution < 1.29 is 14.7 Å². The lowest BCUT2D eigenvalue weighted by atomic mass is 9.87. The van der Waals surface area contributed by atoms with Crippen molar-refractivity contribution in [1.82, 2.24) is 4.90 Å². The molecule has 0 saturated heterocycles. The van der Waals surface area contributed by atoms with Gasteiger partial charge in [-0.25, -0.2) is 4.79 Å². The molecule has 1 saturated carbocycles. The topological polar surface area (TPSA) is 57.6 Å². The smallest absolute Gasteiger partial charge is 0.329 e. The number of nitrogens with zero attached hydrogens (tertiary/aromatic N) is 1. The van der Waals surface area contributed by atoms with Gasteiger partial charge >= 0.3 is 5.97 Å². The number of likely N-dealkylation sites (N-methyl/N-ethyl adjacent to an activating group) is 1. The van der Waals surface area contributed by atoms with E-state index in [1.54, 1.807) is 0 Å². The standard InChI is InChI=1S/C14H25NO3/c1-3-6-12-7-5-9-14(10-8-12,13(17)18)15(4-2)11-16/h11-12H,3-10H2,1-2H3,(H,17,18). The van der Waals surface area contributed by atoms with E-state index in [0.29, 0.717) is 31.7 Å². The number of carboxylic acid groups (broad SMARTS) is 1. The minimum Gasteiger partial charge on any atom is -0.479 e. The van der Waals surface area contributed by atoms with Gasteiger partial charge in [-0.05, 0) is 32.1 Å². The summed E-state index contributed by atoms with van der Waals surface area (Å²) >= 11 is 0. The van der Waals surface area contributed by atoms with Gasteiger partial charge in [0.05, 0.1) is 0 Å². The number of hydrogen-bond acceptors (Lipinski definition) is 2. The lowest BCUT2D eigenvalue weighted by Gasteiger charge is -2.37. The molecule has 2 atom stereocenters. The number of hydrogen-bond donors (Lipinski definition) is 1. The molecule has 1 rings (SSSR count). The van der Waals surface area contributed by atoms with Gasteiger partial charge in [0.25, 0.3) is 0 Å². The van der Waals surface area contributed by atoms with Gasteiger partial charge in [-0.3, -0.25) is 4.79 Å². The lowest BCUT2D eigenvalue weighted by Crippen LogP contribution is -2.53. The fourth-order valence-corrected chi connectivity index (χ4v) is 3.19. The van der Waals surface area contributed by atoms with Gasteiger partial charge in [-0.1, -0.05) is 32.6 Å². The molecule has 1 aliphatic carbocycles. The molecule has 1 N–H and O–H groups in total. The van der Waals surface area contributed by atoms with Gasteiger partial charge in [0.15, 0.2) is 0 Å². The first kappa shape index (κ1) is 15.0. The number of carbonyl (C=O) groups excluding carboxylic acids is 1. The maximum Gasteiger partial charge on any atom is 0.329 e. The molecule has 0 heterocycles. The van der Waals surface area contributed by atoms with Crippen LogP contribution in [-0.2, 0) is 9.59 Å². The highest BCUT2D eigenvalue weighted by Gasteiger charge is 2.44. The minimum atomic E-state index is -0.959. The van der Waals surface area contributed by atoms with E-state index in [9.17, 15) is 14.7 Å². The summed E-state index contributed by atoms with van der Waals surface area (Å²) in [5.41, 5.74) is -0.959. The quantitative estimate of drug-likeness (QED) is 0.586. The van der Waals surface area contributed by atoms with E-state index in [-0.39, 0.29) is 0 Å². The van der Waals surface area contributed by atoms with Gasteiger partial charge in [0.1, 0.15) is 5.54 Å². The molecule has 1 fully saturated rings. The van der Waals surface area contributed by atoms with Crippen LogP contribution < -0.4 is 0 Å². The van der Waals surface area contributed by atoms with Crippen molar-refractivity contribution in [2.75, 3.05) is 6.54 Å². The number of amides is 1. The summed E-state index contributed by atoms with van der Waals surface area (Å²) in [5, 5.41) is 9.56. The molecule has 104 valence electrons. The van der Waals surface area contributed by atoms with Crippen LogP contribution in [0.1, 0.15) is 58.8 Å². The molecule has 0 aromatic rings. The summed E-state index contributed by atoms with van der Waals surface area (Å²) in [7, 11) is 0. The van der Waals surface area contributed by atoms with Crippen molar-refractivity contribution in [3.63, 3.8) is 0 Å². The molecule has 4 heteroatoms. The first-order valence-corrected chi connectivity index (χ1v) is 7.06. The van der Waals surface area contributed by atoms with E-state index in [4.69, 9.17) is 0 Å². The number of carboxylic acids is 1. The summed E-state index contributed by atoms with van der Waals surface area (Å²) in [6.07, 6.45) is 7.13. The lowest BCUT2D eigenvalue weighted by molar-refractivity contribution is -0.156. The molecular weight excluding hydrogens is 230 g/mol. The summed E-state index contributed by atoms with van der Waals surface area (Å²) in [4.78, 5) is 24.3. The van der Waals surface area contributed by atoms with Gasteiger partial charge in [0, 0.05) is 6.54 Å². The Balaban J connectivity index is 2.85. The molecule has 0 aromatic heterocycles. The van der Waals surface area contributed by atoms with Crippen LogP contribution in [0.15, 0.2) is 0 Å². The molecule has 0 radical (unpaired) electrons. The number of aliphatic carboxylic acids is 1. The molecule has 0 spiro atoms. The normalized spacial score (nSPS) is 28.4. The van der Waals surface area contributed by atoms with E-state index < -0.39 is 11.5 Å². The van der Waals surface area contributed by atoms with Crippen LogP contribution in [0.4, 0.5) is 0 Å². The fourth-order valence-electron chi connectivity index (χ4n) is 3.19. The van der Waals surface area contributed by atoms with Crippen LogP contribution in [0.5, 0.6) is 0 Å². The first-order valence-electron chi connectivity index (χ1n) is 7.06. The third kappa shape index (κ3) is 3.03. The first-order chi connectivity index (χ1) is 8.60. The van der Waals surface area contributed by atoms with Crippen LogP contribution in [0.25, 0.3) is 0 Å². The zero-order valence-corrected chi connectivity index (χ0v) is 11.5. The van der Waals surface area contributed by atoms with Gasteiger partial charge in [0.2, 0.25) is 6.41 Å². The Labute approximate surface area is 109 Å². The van der Waals surface area contributed by atoms with Crippen molar-refractivity contribution >= 4 is 12.4 Å². The third-order valence-corrected chi connectivity index (χ3v) is 4.28. The van der Waals surface area contributed by atoms with Crippen LogP contribution in [0.2, 0.25) is 0 Å². The summed E-state index contributed by atoms with van der Waals surface area (Å²) in [6.45, 7) is 4.47.